The second-order valence-electron chi connectivity index (χ2n) is 4.23. The van der Waals surface area contributed by atoms with Crippen molar-refractivity contribution >= 4 is 5.97 Å². The van der Waals surface area contributed by atoms with Crippen molar-refractivity contribution in [3.8, 4) is 0 Å². The second-order valence-corrected chi connectivity index (χ2v) is 4.23. The second kappa shape index (κ2) is 2.59. The zero-order chi connectivity index (χ0) is 9.71. The largest absolute Gasteiger partial charge is 0.457 e. The summed E-state index contributed by atoms with van der Waals surface area (Å²) in [6.45, 7) is 2.09. The van der Waals surface area contributed by atoms with E-state index in [1.807, 2.05) is 0 Å². The van der Waals surface area contributed by atoms with E-state index in [4.69, 9.17) is 4.74 Å². The highest BCUT2D eigenvalue weighted by molar-refractivity contribution is 5.73. The number of hydrogen-bond donors (Lipinski definition) is 0. The number of carbonyl (C=O) groups excluding carboxylic acids is 1. The molecule has 0 bridgehead atoms. The topological polar surface area (TPSA) is 26.3 Å². The molecular weight excluding hydrogens is 176 g/mol. The molecule has 0 radical (unpaired) electrons. The normalized spacial score (nSPS) is 28.5. The van der Waals surface area contributed by atoms with E-state index in [2.05, 4.69) is 25.1 Å². The average Bonchev–Trinajstić information content (AvgIpc) is 2.60. The smallest absolute Gasteiger partial charge is 0.306 e. The third-order valence-corrected chi connectivity index (χ3v) is 3.30. The molecular formula is C12H12O2. The third-order valence-electron chi connectivity index (χ3n) is 3.30. The quantitative estimate of drug-likeness (QED) is 0.583. The van der Waals surface area contributed by atoms with Gasteiger partial charge in [0.25, 0.3) is 0 Å². The number of fused-ring (bicyclic) bond motifs is 3. The molecule has 1 saturated heterocycles. The maximum atomic E-state index is 11.2. The van der Waals surface area contributed by atoms with Crippen LogP contribution < -0.4 is 0 Å². The summed E-state index contributed by atoms with van der Waals surface area (Å²) in [5.41, 5.74) is 3.89. The van der Waals surface area contributed by atoms with Gasteiger partial charge < -0.3 is 4.74 Å². The molecule has 1 fully saturated rings. The Morgan fingerprint density at radius 3 is 3.07 bits per heavy atom. The van der Waals surface area contributed by atoms with Crippen LogP contribution in [0, 0.1) is 12.8 Å². The molecule has 3 rings (SSSR count). The number of rotatable bonds is 0. The first kappa shape index (κ1) is 8.04. The fraction of sp³-hybridized carbons (Fsp3) is 0.417. The SMILES string of the molecule is Cc1cccc2c1C1OC(=O)CC1C2. The van der Waals surface area contributed by atoms with Gasteiger partial charge in [0, 0.05) is 5.92 Å². The monoisotopic (exact) mass is 188 g/mol. The van der Waals surface area contributed by atoms with Crippen LogP contribution in [0.15, 0.2) is 18.2 Å². The van der Waals surface area contributed by atoms with Crippen molar-refractivity contribution in [3.05, 3.63) is 34.9 Å². The number of aryl methyl sites for hydroxylation is 1. The Labute approximate surface area is 82.9 Å². The fourth-order valence-electron chi connectivity index (χ4n) is 2.69. The lowest BCUT2D eigenvalue weighted by atomic mass is 10.0. The summed E-state index contributed by atoms with van der Waals surface area (Å²) < 4.78 is 5.35. The molecule has 0 amide bonds. The number of hydrogen-bond acceptors (Lipinski definition) is 2. The highest BCUT2D eigenvalue weighted by Gasteiger charge is 2.42. The zero-order valence-corrected chi connectivity index (χ0v) is 8.12. The molecule has 0 spiro atoms. The number of benzene rings is 1. The number of esters is 1. The summed E-state index contributed by atoms with van der Waals surface area (Å²) in [5.74, 6) is 0.368. The van der Waals surface area contributed by atoms with Crippen molar-refractivity contribution in [2.75, 3.05) is 0 Å². The van der Waals surface area contributed by atoms with E-state index in [9.17, 15) is 4.79 Å². The lowest BCUT2D eigenvalue weighted by Crippen LogP contribution is -2.01. The van der Waals surface area contributed by atoms with Gasteiger partial charge in [0.15, 0.2) is 0 Å². The summed E-state index contributed by atoms with van der Waals surface area (Å²) in [6.07, 6.45) is 1.66. The minimum atomic E-state index is -0.0334. The Hall–Kier alpha value is -1.31. The van der Waals surface area contributed by atoms with Crippen LogP contribution in [0.25, 0.3) is 0 Å². The molecule has 2 nitrogen and oxygen atoms in total. The van der Waals surface area contributed by atoms with Crippen LogP contribution in [0.2, 0.25) is 0 Å². The van der Waals surface area contributed by atoms with Crippen LogP contribution in [-0.4, -0.2) is 5.97 Å². The molecule has 1 heterocycles. The van der Waals surface area contributed by atoms with E-state index in [0.717, 1.165) is 6.42 Å². The highest BCUT2D eigenvalue weighted by atomic mass is 16.6. The van der Waals surface area contributed by atoms with Gasteiger partial charge in [-0.2, -0.15) is 0 Å². The molecule has 1 aromatic rings. The third kappa shape index (κ3) is 0.939. The first-order valence-corrected chi connectivity index (χ1v) is 5.03. The van der Waals surface area contributed by atoms with E-state index in [1.54, 1.807) is 0 Å². The van der Waals surface area contributed by atoms with Gasteiger partial charge in [0.05, 0.1) is 6.42 Å². The molecule has 0 aromatic heterocycles. The van der Waals surface area contributed by atoms with Crippen molar-refractivity contribution in [1.82, 2.24) is 0 Å². The van der Waals surface area contributed by atoms with Crippen molar-refractivity contribution < 1.29 is 9.53 Å². The van der Waals surface area contributed by atoms with Gasteiger partial charge in [0.2, 0.25) is 0 Å². The average molecular weight is 188 g/mol. The summed E-state index contributed by atoms with van der Waals surface area (Å²) in [6, 6.07) is 6.32. The predicted octanol–water partition coefficient (Wildman–Crippen LogP) is 2.16. The molecule has 2 atom stereocenters. The molecule has 1 aliphatic carbocycles. The Bertz CT molecular complexity index is 409. The molecule has 2 unspecified atom stereocenters. The fourth-order valence-corrected chi connectivity index (χ4v) is 2.69. The van der Waals surface area contributed by atoms with E-state index in [1.165, 1.54) is 16.7 Å². The minimum absolute atomic E-state index is 0.0334. The maximum Gasteiger partial charge on any atom is 0.306 e. The lowest BCUT2D eigenvalue weighted by molar-refractivity contribution is -0.141. The van der Waals surface area contributed by atoms with Crippen LogP contribution in [0.4, 0.5) is 0 Å². The van der Waals surface area contributed by atoms with Crippen LogP contribution in [0.5, 0.6) is 0 Å². The molecule has 1 aromatic carbocycles. The van der Waals surface area contributed by atoms with Crippen LogP contribution >= 0.6 is 0 Å². The summed E-state index contributed by atoms with van der Waals surface area (Å²) in [4.78, 5) is 11.2. The highest BCUT2D eigenvalue weighted by Crippen LogP contribution is 2.46. The molecule has 0 saturated carbocycles. The van der Waals surface area contributed by atoms with Gasteiger partial charge >= 0.3 is 5.97 Å². The van der Waals surface area contributed by atoms with Crippen molar-refractivity contribution in [2.45, 2.75) is 25.9 Å². The summed E-state index contributed by atoms with van der Waals surface area (Å²) in [7, 11) is 0. The van der Waals surface area contributed by atoms with Gasteiger partial charge in [-0.3, -0.25) is 4.79 Å². The number of carbonyl (C=O) groups is 1. The molecule has 14 heavy (non-hydrogen) atoms. The standard InChI is InChI=1S/C12H12O2/c1-7-3-2-4-8-5-9-6-10(13)14-12(9)11(7)8/h2-4,9,12H,5-6H2,1H3. The molecule has 0 N–H and O–H groups in total. The van der Waals surface area contributed by atoms with E-state index in [-0.39, 0.29) is 12.1 Å². The van der Waals surface area contributed by atoms with Gasteiger partial charge in [-0.1, -0.05) is 18.2 Å². The molecule has 2 heteroatoms. The number of ether oxygens (including phenoxy) is 1. The van der Waals surface area contributed by atoms with Crippen LogP contribution in [0.1, 0.15) is 29.2 Å². The predicted molar refractivity (Wildman–Crippen MR) is 51.8 cm³/mol. The molecule has 1 aliphatic heterocycles. The van der Waals surface area contributed by atoms with Crippen molar-refractivity contribution in [3.63, 3.8) is 0 Å². The molecule has 72 valence electrons. The Kier molecular flexibility index (Phi) is 1.49. The van der Waals surface area contributed by atoms with Gasteiger partial charge in [-0.25, -0.2) is 0 Å². The zero-order valence-electron chi connectivity index (χ0n) is 8.12. The van der Waals surface area contributed by atoms with Gasteiger partial charge in [-0.05, 0) is 30.0 Å². The van der Waals surface area contributed by atoms with Crippen molar-refractivity contribution in [2.24, 2.45) is 5.92 Å². The minimum Gasteiger partial charge on any atom is -0.457 e. The van der Waals surface area contributed by atoms with E-state index >= 15 is 0 Å². The first-order chi connectivity index (χ1) is 6.75. The summed E-state index contributed by atoms with van der Waals surface area (Å²) in [5, 5.41) is 0. The molecule has 2 aliphatic rings. The Morgan fingerprint density at radius 2 is 2.21 bits per heavy atom. The van der Waals surface area contributed by atoms with Crippen molar-refractivity contribution in [1.29, 1.82) is 0 Å². The first-order valence-electron chi connectivity index (χ1n) is 5.03. The van der Waals surface area contributed by atoms with E-state index in [0.29, 0.717) is 12.3 Å². The maximum absolute atomic E-state index is 11.2. The van der Waals surface area contributed by atoms with Crippen LogP contribution in [0.3, 0.4) is 0 Å². The van der Waals surface area contributed by atoms with Gasteiger partial charge in [0.1, 0.15) is 6.10 Å². The Morgan fingerprint density at radius 1 is 1.36 bits per heavy atom. The van der Waals surface area contributed by atoms with Gasteiger partial charge in [-0.15, -0.1) is 0 Å². The Balaban J connectivity index is 2.11. The lowest BCUT2D eigenvalue weighted by Gasteiger charge is -2.11. The van der Waals surface area contributed by atoms with E-state index < -0.39 is 0 Å². The van der Waals surface area contributed by atoms with Crippen LogP contribution in [-0.2, 0) is 16.0 Å². The summed E-state index contributed by atoms with van der Waals surface area (Å²) >= 11 is 0.